The molecule has 0 unspecified atom stereocenters. The molecule has 5 N–H and O–H groups in total. The van der Waals surface area contributed by atoms with Gasteiger partial charge in [0, 0.05) is 49.4 Å². The van der Waals surface area contributed by atoms with Crippen LogP contribution in [0.1, 0.15) is 58.8 Å². The number of piperidine rings is 2. The van der Waals surface area contributed by atoms with E-state index in [-0.39, 0.29) is 92.5 Å². The van der Waals surface area contributed by atoms with Crippen molar-refractivity contribution in [2.45, 2.75) is 68.9 Å². The minimum Gasteiger partial charge on any atom is -0.493 e. The Morgan fingerprint density at radius 1 is 0.696 bits per heavy atom. The first-order valence-corrected chi connectivity index (χ1v) is 21.8. The molecule has 0 spiro atoms. The predicted molar refractivity (Wildman–Crippen MR) is 235 cm³/mol. The summed E-state index contributed by atoms with van der Waals surface area (Å²) < 4.78 is 101. The van der Waals surface area contributed by atoms with E-state index in [0.717, 1.165) is 0 Å². The van der Waals surface area contributed by atoms with Gasteiger partial charge in [0.05, 0.1) is 51.9 Å². The summed E-state index contributed by atoms with van der Waals surface area (Å²) in [6, 6.07) is 18.5. The molecule has 69 heavy (non-hydrogen) atoms. The number of aromatic nitrogens is 2. The van der Waals surface area contributed by atoms with E-state index < -0.39 is 61.2 Å². The Bertz CT molecular complexity index is 2280. The van der Waals surface area contributed by atoms with Crippen LogP contribution < -0.4 is 18.9 Å². The van der Waals surface area contributed by atoms with Crippen LogP contribution in [0, 0.1) is 0 Å². The van der Waals surface area contributed by atoms with Gasteiger partial charge in [-0.2, -0.15) is 0 Å². The van der Waals surface area contributed by atoms with Gasteiger partial charge in [0.25, 0.3) is 11.8 Å². The third-order valence-corrected chi connectivity index (χ3v) is 10.7. The fraction of sp³-hybridized carbons (Fsp3) is 0.467. The molecule has 0 aliphatic carbocycles. The Labute approximate surface area is 401 Å². The molecule has 17 nitrogen and oxygen atoms in total. The van der Waals surface area contributed by atoms with Crippen molar-refractivity contribution >= 4 is 27.7 Å². The molecule has 0 bridgehead atoms. The Morgan fingerprint density at radius 2 is 1.13 bits per heavy atom. The molecule has 4 aromatic rings. The number of carbonyl (C=O) groups excluding carboxylic acids is 2. The van der Waals surface area contributed by atoms with Crippen LogP contribution in [0.5, 0.6) is 23.0 Å². The zero-order chi connectivity index (χ0) is 51.2. The number of hydrogen-bond donors (Lipinski definition) is 5. The molecule has 2 aliphatic heterocycles. The lowest BCUT2D eigenvalue weighted by atomic mass is 9.85. The lowest BCUT2D eigenvalue weighted by molar-refractivity contribution is -0.326. The number of carbonyl (C=O) groups is 2. The third-order valence-electron chi connectivity index (χ3n) is 10.3. The summed E-state index contributed by atoms with van der Waals surface area (Å²) >= 11 is 3.24. The summed E-state index contributed by atoms with van der Waals surface area (Å²) in [4.78, 5) is 37.0. The van der Waals surface area contributed by atoms with Crippen molar-refractivity contribution < 1.29 is 89.9 Å². The highest BCUT2D eigenvalue weighted by Crippen LogP contribution is 2.36. The van der Waals surface area contributed by atoms with Gasteiger partial charge in [-0.25, -0.2) is 4.98 Å². The number of benzene rings is 2. The van der Waals surface area contributed by atoms with Crippen LogP contribution >= 0.6 is 15.9 Å². The average molecular weight is 1050 g/mol. The van der Waals surface area contributed by atoms with E-state index in [9.17, 15) is 56.4 Å². The number of β-amino-alcohol motifs (C(OH)–C–C–N with tert-alkyl or cyclic N) is 2. The molecule has 2 aliphatic rings. The number of alkyl halides is 6. The molecule has 2 saturated heterocycles. The number of aliphatic hydroxyl groups is 5. The molecule has 4 heterocycles. The second-order valence-electron chi connectivity index (χ2n) is 15.6. The molecule has 24 heteroatoms. The Hall–Kier alpha value is -5.34. The van der Waals surface area contributed by atoms with Crippen molar-refractivity contribution in [2.75, 3.05) is 66.8 Å². The van der Waals surface area contributed by atoms with E-state index in [4.69, 9.17) is 24.1 Å². The summed E-state index contributed by atoms with van der Waals surface area (Å²) in [6.45, 7) is 1.42. The molecule has 2 aromatic heterocycles. The standard InChI is InChI=1S/C21H22BrF3N2O6.C21H23F3N2O6.C3H8O/c1-31-15-11-13(5-6-14(15)32-9-10-33-21(23,24)25)19(29)27-8-7-20(30,17(28)12-27)16-3-2-4-18(22)26-16;1-30-16-12-14(5-6-15(16)31-10-11-32-21(22,23)24)19(28)26-9-7-20(29,18(27)13-26)17-4-2-3-8-25-17;1-3(2)4/h2-6,11,17,28,30H,7-10,12H2,1H3;2-6,8,12,18,27,29H,7,9-11,13H2,1H3;3-4H,1-2H3/t17-,20-;18-,20-;/m11./s1. The molecule has 2 aromatic carbocycles. The fourth-order valence-electron chi connectivity index (χ4n) is 6.90. The van der Waals surface area contributed by atoms with Crippen molar-refractivity contribution in [1.29, 1.82) is 0 Å². The van der Waals surface area contributed by atoms with E-state index in [0.29, 0.717) is 16.0 Å². The SMILES string of the molecule is CC(C)O.COc1cc(C(=O)N2CC[C@@](O)(c3cccc(Br)n3)[C@H](O)C2)ccc1OCCOC(F)(F)F.COc1cc(C(=O)N2CC[C@@](O)(c3ccccn3)[C@H](O)C2)ccc1OCCOC(F)(F)F. The number of halogens is 7. The van der Waals surface area contributed by atoms with Crippen LogP contribution in [0.25, 0.3) is 0 Å². The maximum absolute atomic E-state index is 13.0. The molecule has 0 radical (unpaired) electrons. The van der Waals surface area contributed by atoms with Crippen molar-refractivity contribution in [1.82, 2.24) is 19.8 Å². The highest BCUT2D eigenvalue weighted by atomic mass is 79.9. The zero-order valence-electron chi connectivity index (χ0n) is 37.7. The molecular formula is C45H53BrF6N4O13. The van der Waals surface area contributed by atoms with Gasteiger partial charge in [-0.05, 0) is 90.4 Å². The summed E-state index contributed by atoms with van der Waals surface area (Å²) in [5.74, 6) is -0.210. The number of nitrogens with zero attached hydrogens (tertiary/aromatic N) is 4. The topological polar surface area (TPSA) is 223 Å². The van der Waals surface area contributed by atoms with Crippen molar-refractivity contribution in [3.05, 3.63) is 106 Å². The average Bonchev–Trinajstić information content (AvgIpc) is 3.30. The van der Waals surface area contributed by atoms with E-state index in [1.54, 1.807) is 50.2 Å². The van der Waals surface area contributed by atoms with Gasteiger partial charge in [-0.1, -0.05) is 12.1 Å². The van der Waals surface area contributed by atoms with Crippen LogP contribution in [0.3, 0.4) is 0 Å². The normalized spacial score (nSPS) is 20.5. The minimum atomic E-state index is -4.75. The molecule has 380 valence electrons. The maximum atomic E-state index is 13.0. The largest absolute Gasteiger partial charge is 0.522 e. The van der Waals surface area contributed by atoms with Crippen LogP contribution in [0.2, 0.25) is 0 Å². The first-order valence-electron chi connectivity index (χ1n) is 21.1. The Kier molecular flexibility index (Phi) is 20.4. The first kappa shape index (κ1) is 56.2. The van der Waals surface area contributed by atoms with Gasteiger partial charge < -0.3 is 54.3 Å². The fourth-order valence-corrected chi connectivity index (χ4v) is 7.25. The Balaban J connectivity index is 0.000000279. The third kappa shape index (κ3) is 16.4. The van der Waals surface area contributed by atoms with E-state index >= 15 is 0 Å². The minimum absolute atomic E-state index is 0.0703. The quantitative estimate of drug-likeness (QED) is 0.0610. The number of pyridine rings is 2. The molecule has 0 saturated carbocycles. The van der Waals surface area contributed by atoms with Gasteiger partial charge in [0.15, 0.2) is 23.0 Å². The smallest absolute Gasteiger partial charge is 0.493 e. The number of rotatable bonds is 14. The van der Waals surface area contributed by atoms with E-state index in [2.05, 4.69) is 35.4 Å². The highest BCUT2D eigenvalue weighted by Gasteiger charge is 2.46. The lowest BCUT2D eigenvalue weighted by Crippen LogP contribution is -2.55. The highest BCUT2D eigenvalue weighted by molar-refractivity contribution is 9.10. The number of ether oxygens (including phenoxy) is 6. The van der Waals surface area contributed by atoms with Gasteiger partial charge in [0.1, 0.15) is 41.2 Å². The second-order valence-corrected chi connectivity index (χ2v) is 16.4. The van der Waals surface area contributed by atoms with E-state index in [1.165, 1.54) is 66.6 Å². The van der Waals surface area contributed by atoms with Crippen LogP contribution in [-0.4, -0.2) is 155 Å². The summed E-state index contributed by atoms with van der Waals surface area (Å²) in [6.07, 6.45) is -10.5. The summed E-state index contributed by atoms with van der Waals surface area (Å²) in [5, 5.41) is 51.1. The molecule has 4 atom stereocenters. The number of amides is 2. The zero-order valence-corrected chi connectivity index (χ0v) is 39.3. The number of methoxy groups -OCH3 is 2. The second kappa shape index (κ2) is 25.0. The van der Waals surface area contributed by atoms with Crippen LogP contribution in [-0.2, 0) is 20.7 Å². The predicted octanol–water partition coefficient (Wildman–Crippen LogP) is 5.35. The maximum Gasteiger partial charge on any atom is 0.522 e. The van der Waals surface area contributed by atoms with Crippen LogP contribution in [0.15, 0.2) is 83.6 Å². The van der Waals surface area contributed by atoms with Crippen molar-refractivity contribution in [3.8, 4) is 23.0 Å². The molecule has 6 rings (SSSR count). The molecular weight excluding hydrogens is 998 g/mol. The summed E-state index contributed by atoms with van der Waals surface area (Å²) in [5.41, 5.74) is -2.08. The molecule has 2 fully saturated rings. The monoisotopic (exact) mass is 1050 g/mol. The Morgan fingerprint density at radius 3 is 1.51 bits per heavy atom. The van der Waals surface area contributed by atoms with Crippen molar-refractivity contribution in [3.63, 3.8) is 0 Å². The van der Waals surface area contributed by atoms with Gasteiger partial charge in [-0.3, -0.25) is 24.0 Å². The first-order chi connectivity index (χ1) is 32.4. The van der Waals surface area contributed by atoms with Crippen molar-refractivity contribution in [2.24, 2.45) is 0 Å². The number of hydrogen-bond acceptors (Lipinski definition) is 15. The van der Waals surface area contributed by atoms with E-state index in [1.807, 2.05) is 0 Å². The summed E-state index contributed by atoms with van der Waals surface area (Å²) in [7, 11) is 2.67. The van der Waals surface area contributed by atoms with Gasteiger partial charge in [0.2, 0.25) is 0 Å². The lowest BCUT2D eigenvalue weighted by Gasteiger charge is -2.41. The van der Waals surface area contributed by atoms with Crippen LogP contribution in [0.4, 0.5) is 26.3 Å². The number of aliphatic hydroxyl groups excluding tert-OH is 3. The molecule has 2 amide bonds. The number of likely N-dealkylation sites (tertiary alicyclic amines) is 2. The van der Waals surface area contributed by atoms with Gasteiger partial charge >= 0.3 is 12.7 Å². The van der Waals surface area contributed by atoms with Gasteiger partial charge in [-0.15, -0.1) is 26.3 Å².